The van der Waals surface area contributed by atoms with Gasteiger partial charge in [0.15, 0.2) is 11.2 Å². The third-order valence-electron chi connectivity index (χ3n) is 15.8. The molecule has 83 heavy (non-hydrogen) atoms. The molecule has 5 aromatic heterocycles. The van der Waals surface area contributed by atoms with Crippen LogP contribution < -0.4 is 32.0 Å². The fourth-order valence-electron chi connectivity index (χ4n) is 10.1. The van der Waals surface area contributed by atoms with Crippen LogP contribution in [0, 0.1) is 0 Å². The molecule has 4 saturated heterocycles. The van der Waals surface area contributed by atoms with Crippen molar-refractivity contribution in [3.05, 3.63) is 142 Å². The minimum Gasteiger partial charge on any atom is -0.424 e. The van der Waals surface area contributed by atoms with E-state index in [-0.39, 0.29) is 23.2 Å². The number of nitrogens with two attached hydrogens (primary N) is 2. The van der Waals surface area contributed by atoms with E-state index in [1.165, 1.54) is 35.2 Å². The van der Waals surface area contributed by atoms with Crippen molar-refractivity contribution in [2.45, 2.75) is 38.9 Å². The summed E-state index contributed by atoms with van der Waals surface area (Å²) in [5.41, 5.74) is 22.1. The number of likely N-dealkylation sites (N-methyl/N-ethyl adjacent to an activating group) is 3. The van der Waals surface area contributed by atoms with E-state index in [1.807, 2.05) is 101 Å². The lowest BCUT2D eigenvalue weighted by Gasteiger charge is -2.34. The second-order valence-corrected chi connectivity index (χ2v) is 24.5. The number of halogens is 3. The summed E-state index contributed by atoms with van der Waals surface area (Å²) < 4.78 is 24.8. The molecule has 0 bridgehead atoms. The third-order valence-corrected chi connectivity index (χ3v) is 17.1. The van der Waals surface area contributed by atoms with E-state index in [2.05, 4.69) is 150 Å². The zero-order chi connectivity index (χ0) is 58.4. The number of nitrogens with one attached hydrogen (secondary N) is 1. The van der Waals surface area contributed by atoms with Crippen LogP contribution >= 0.6 is 43.5 Å². The Bertz CT molecular complexity index is 3830. The van der Waals surface area contributed by atoms with Crippen molar-refractivity contribution >= 4 is 134 Å². The molecule has 14 rings (SSSR count). The van der Waals surface area contributed by atoms with E-state index in [0.717, 1.165) is 123 Å². The normalized spacial score (nSPS) is 17.3. The van der Waals surface area contributed by atoms with Crippen molar-refractivity contribution in [2.24, 2.45) is 0 Å². The molecule has 17 nitrogen and oxygen atoms in total. The minimum absolute atomic E-state index is 0.168. The highest BCUT2D eigenvalue weighted by molar-refractivity contribution is 9.10. The second kappa shape index (κ2) is 26.2. The number of oxazole rings is 2. The molecule has 0 unspecified atom stereocenters. The maximum Gasteiger partial charge on any atom is 0.494 e. The van der Waals surface area contributed by atoms with Crippen LogP contribution in [0.4, 0.5) is 23.4 Å². The van der Waals surface area contributed by atoms with E-state index in [0.29, 0.717) is 16.7 Å². The number of aromatic nitrogens is 5. The summed E-state index contributed by atoms with van der Waals surface area (Å²) in [6, 6.07) is 36.6. The maximum atomic E-state index is 5.99. The zero-order valence-electron chi connectivity index (χ0n) is 48.1. The quantitative estimate of drug-likeness (QED) is 0.141. The number of nitrogens with zero attached hydrogens (tertiary/aromatic N) is 10. The third kappa shape index (κ3) is 14.6. The number of benzene rings is 5. The van der Waals surface area contributed by atoms with E-state index in [4.69, 9.17) is 41.2 Å². The fourth-order valence-corrected chi connectivity index (χ4v) is 11.1. The summed E-state index contributed by atoms with van der Waals surface area (Å²) in [5, 5.41) is 7.40. The van der Waals surface area contributed by atoms with Crippen LogP contribution in [0.15, 0.2) is 146 Å². The molecule has 21 heteroatoms. The predicted molar refractivity (Wildman–Crippen MR) is 347 cm³/mol. The van der Waals surface area contributed by atoms with Crippen molar-refractivity contribution < 1.29 is 18.1 Å². The van der Waals surface area contributed by atoms with E-state index in [1.54, 1.807) is 12.3 Å². The Morgan fingerprint density at radius 2 is 0.928 bits per heavy atom. The summed E-state index contributed by atoms with van der Waals surface area (Å²) in [6.45, 7) is 21.5. The van der Waals surface area contributed by atoms with Crippen LogP contribution in [-0.4, -0.2) is 158 Å². The highest BCUT2D eigenvalue weighted by atomic mass is 79.9. The Hall–Kier alpha value is -6.46. The van der Waals surface area contributed by atoms with Crippen LogP contribution in [0.25, 0.3) is 66.0 Å². The Kier molecular flexibility index (Phi) is 18.9. The van der Waals surface area contributed by atoms with Crippen molar-refractivity contribution in [1.82, 2.24) is 44.9 Å². The number of hydrogen-bond acceptors (Lipinski definition) is 17. The van der Waals surface area contributed by atoms with Gasteiger partial charge in [0, 0.05) is 134 Å². The summed E-state index contributed by atoms with van der Waals surface area (Å²) in [5.74, 6) is 0. The first-order valence-corrected chi connectivity index (χ1v) is 29.9. The van der Waals surface area contributed by atoms with E-state index >= 15 is 0 Å². The van der Waals surface area contributed by atoms with Gasteiger partial charge >= 0.3 is 7.12 Å². The van der Waals surface area contributed by atoms with Crippen molar-refractivity contribution in [3.8, 4) is 11.1 Å². The van der Waals surface area contributed by atoms with Crippen LogP contribution in [0.2, 0.25) is 5.02 Å². The highest BCUT2D eigenvalue weighted by Crippen LogP contribution is 2.37. The van der Waals surface area contributed by atoms with Gasteiger partial charge in [-0.15, -0.1) is 0 Å². The molecule has 0 aliphatic carbocycles. The molecule has 0 radical (unpaired) electrons. The molecule has 0 atom stereocenters. The highest BCUT2D eigenvalue weighted by Gasteiger charge is 2.51. The largest absolute Gasteiger partial charge is 0.494 e. The summed E-state index contributed by atoms with van der Waals surface area (Å²) in [7, 11) is 6.11. The summed E-state index contributed by atoms with van der Waals surface area (Å²) >= 11 is 12.9. The number of rotatable bonds is 4. The zero-order valence-corrected chi connectivity index (χ0v) is 52.0. The fraction of sp³-hybridized carbons (Fsp3) is 0.339. The first-order valence-electron chi connectivity index (χ1n) is 27.9. The van der Waals surface area contributed by atoms with Gasteiger partial charge in [-0.2, -0.15) is 9.97 Å². The predicted octanol–water partition coefficient (Wildman–Crippen LogP) is 11.0. The average molecular weight is 1270 g/mol. The van der Waals surface area contributed by atoms with Crippen LogP contribution in [0.1, 0.15) is 27.7 Å². The lowest BCUT2D eigenvalue weighted by Crippen LogP contribution is -2.44. The van der Waals surface area contributed by atoms with Crippen LogP contribution in [0.5, 0.6) is 0 Å². The summed E-state index contributed by atoms with van der Waals surface area (Å²) in [6.07, 6.45) is 5.52. The molecule has 432 valence electrons. The Morgan fingerprint density at radius 1 is 0.494 bits per heavy atom. The average Bonchev–Trinajstić information content (AvgIpc) is 3.72. The van der Waals surface area contributed by atoms with Gasteiger partial charge in [0.1, 0.15) is 11.0 Å². The minimum atomic E-state index is -0.396. The van der Waals surface area contributed by atoms with Crippen LogP contribution in [-0.2, 0) is 9.31 Å². The van der Waals surface area contributed by atoms with Gasteiger partial charge in [-0.1, -0.05) is 61.7 Å². The molecule has 0 amide bonds. The number of nitrogen functional groups attached to an aromatic ring is 2. The van der Waals surface area contributed by atoms with Crippen molar-refractivity contribution in [3.63, 3.8) is 0 Å². The molecule has 10 aromatic rings. The smallest absolute Gasteiger partial charge is 0.424 e. The molecular weight excluding hydrogens is 1200 g/mol. The van der Waals surface area contributed by atoms with Gasteiger partial charge in [0.25, 0.3) is 12.0 Å². The first kappa shape index (κ1) is 59.7. The van der Waals surface area contributed by atoms with Crippen LogP contribution in [0.3, 0.4) is 0 Å². The van der Waals surface area contributed by atoms with Gasteiger partial charge in [-0.05, 0) is 156 Å². The van der Waals surface area contributed by atoms with E-state index in [9.17, 15) is 0 Å². The SMILES string of the molecule is CC1(C)OB(c2ccc3oc(N)nc3c2)OC1(C)C.CN1CCN(c2ccnc3ccc(-c4ccc5oc(N)nc5c4)cc23)CC1.CN1CCN(c2ccnc3ccc(Br)cc23)CC1.CN1CCNCC1.Clc1ccnc2ccc(Br)cc12. The summed E-state index contributed by atoms with van der Waals surface area (Å²) in [4.78, 5) is 33.5. The molecule has 9 heterocycles. The Labute approximate surface area is 507 Å². The molecular formula is C62H71BBr2ClN13O4. The molecule has 4 aliphatic heterocycles. The molecule has 5 N–H and O–H groups in total. The van der Waals surface area contributed by atoms with Gasteiger partial charge in [-0.3, -0.25) is 15.0 Å². The first-order chi connectivity index (χ1) is 39.9. The number of fused-ring (bicyclic) bond motifs is 5. The lowest BCUT2D eigenvalue weighted by molar-refractivity contribution is 0.00578. The Balaban J connectivity index is 0.000000122. The molecule has 4 aliphatic rings. The molecule has 0 spiro atoms. The van der Waals surface area contributed by atoms with E-state index < -0.39 is 7.12 Å². The maximum absolute atomic E-state index is 5.99. The molecule has 5 aromatic carbocycles. The molecule has 4 fully saturated rings. The number of hydrogen-bond donors (Lipinski definition) is 3. The lowest BCUT2D eigenvalue weighted by atomic mass is 9.79. The number of anilines is 4. The van der Waals surface area contributed by atoms with Gasteiger partial charge in [0.05, 0.1) is 32.8 Å². The van der Waals surface area contributed by atoms with Gasteiger partial charge < -0.3 is 59.4 Å². The van der Waals surface area contributed by atoms with Gasteiger partial charge in [-0.25, -0.2) is 0 Å². The van der Waals surface area contributed by atoms with Gasteiger partial charge in [0.2, 0.25) is 0 Å². The Morgan fingerprint density at radius 3 is 1.46 bits per heavy atom. The molecule has 0 saturated carbocycles. The standard InChI is InChI=1S/C21H21N5O.C14H16BrN3.C13H17BN2O3.C9H5BrClN.C5H12N2/c1-25-8-10-26(11-9-25)19-6-7-23-17-4-2-14(12-16(17)19)15-3-5-20-18(13-15)24-21(22)27-20;1-17-6-8-18(9-7-17)14-4-5-16-13-3-2-11(15)10-12(13)14;1-12(2)13(3,4)19-14(18-12)8-5-6-10-9(7-8)16-11(15)17-10;10-6-1-2-9-7(5-6)8(11)3-4-12-9;1-7-4-2-6-3-5-7/h2-7,12-13H,8-11H2,1H3,(H2,22,24);2-5,10H,6-9H2,1H3;5-7H,1-4H3,(H2,15,16);1-5H;6H,2-5H2,1H3. The number of pyridine rings is 3. The number of piperazine rings is 3. The second-order valence-electron chi connectivity index (χ2n) is 22.2. The topological polar surface area (TPSA) is 189 Å². The van der Waals surface area contributed by atoms with Crippen molar-refractivity contribution in [2.75, 3.05) is 121 Å². The monoisotopic (exact) mass is 1270 g/mol. The van der Waals surface area contributed by atoms with Crippen molar-refractivity contribution in [1.29, 1.82) is 0 Å².